The zero-order valence-electron chi connectivity index (χ0n) is 15.9. The maximum absolute atomic E-state index is 13.5. The van der Waals surface area contributed by atoms with Crippen LogP contribution in [0, 0.1) is 5.82 Å². The van der Waals surface area contributed by atoms with Gasteiger partial charge in [0.2, 0.25) is 0 Å². The van der Waals surface area contributed by atoms with Crippen LogP contribution < -0.4 is 0 Å². The third-order valence-electron chi connectivity index (χ3n) is 5.63. The summed E-state index contributed by atoms with van der Waals surface area (Å²) in [6, 6.07) is 14.5. The van der Waals surface area contributed by atoms with E-state index >= 15 is 0 Å². The van der Waals surface area contributed by atoms with E-state index in [4.69, 9.17) is 0 Å². The van der Waals surface area contributed by atoms with Crippen molar-refractivity contribution in [3.05, 3.63) is 66.1 Å². The smallest absolute Gasteiger partial charge is 0.326 e. The van der Waals surface area contributed by atoms with Crippen LogP contribution in [0.1, 0.15) is 23.3 Å². The van der Waals surface area contributed by atoms with Gasteiger partial charge in [-0.3, -0.25) is 4.79 Å². The van der Waals surface area contributed by atoms with Crippen LogP contribution in [0.3, 0.4) is 0 Å². The molecule has 7 heteroatoms. The molecule has 0 spiro atoms. The number of carbonyl (C=O) groups excluding carboxylic acids is 1. The van der Waals surface area contributed by atoms with Gasteiger partial charge < -0.3 is 15.0 Å². The standard InChI is InChI=1S/C23H18FN3O3/c24-14-9-7-13(8-10-14)20-21-16(15-4-1-2-5-17(15)25-21)12-18(26-20)22(28)27-11-3-6-19(27)23(29)30/h1-2,4-5,7-10,12,19,25H,3,6,11H2,(H,29,30). The number of aliphatic carboxylic acids is 1. The number of para-hydroxylation sites is 1. The first-order chi connectivity index (χ1) is 14.5. The molecule has 30 heavy (non-hydrogen) atoms. The van der Waals surface area contributed by atoms with Crippen molar-refractivity contribution in [1.82, 2.24) is 14.9 Å². The van der Waals surface area contributed by atoms with Gasteiger partial charge >= 0.3 is 5.97 Å². The Morgan fingerprint density at radius 2 is 1.87 bits per heavy atom. The molecule has 2 aromatic carbocycles. The van der Waals surface area contributed by atoms with Gasteiger partial charge in [-0.15, -0.1) is 0 Å². The molecule has 0 saturated carbocycles. The quantitative estimate of drug-likeness (QED) is 0.537. The van der Waals surface area contributed by atoms with Crippen molar-refractivity contribution in [2.75, 3.05) is 6.54 Å². The number of aromatic amines is 1. The second-order valence-electron chi connectivity index (χ2n) is 7.45. The highest BCUT2D eigenvalue weighted by atomic mass is 19.1. The average molecular weight is 403 g/mol. The highest BCUT2D eigenvalue weighted by Crippen LogP contribution is 2.33. The zero-order valence-corrected chi connectivity index (χ0v) is 15.9. The Labute approximate surface area is 171 Å². The van der Waals surface area contributed by atoms with Crippen molar-refractivity contribution in [2.45, 2.75) is 18.9 Å². The number of benzene rings is 2. The topological polar surface area (TPSA) is 86.3 Å². The third kappa shape index (κ3) is 2.90. The fourth-order valence-electron chi connectivity index (χ4n) is 4.19. The van der Waals surface area contributed by atoms with Crippen LogP contribution >= 0.6 is 0 Å². The first-order valence-electron chi connectivity index (χ1n) is 9.74. The van der Waals surface area contributed by atoms with E-state index in [0.717, 1.165) is 21.8 Å². The summed E-state index contributed by atoms with van der Waals surface area (Å²) < 4.78 is 13.5. The molecule has 5 rings (SSSR count). The first-order valence-corrected chi connectivity index (χ1v) is 9.74. The Bertz CT molecular complexity index is 1300. The molecule has 1 unspecified atom stereocenters. The number of carboxylic acid groups (broad SMARTS) is 1. The number of hydrogen-bond acceptors (Lipinski definition) is 3. The monoisotopic (exact) mass is 403 g/mol. The predicted molar refractivity (Wildman–Crippen MR) is 111 cm³/mol. The molecule has 1 aliphatic heterocycles. The molecule has 6 nitrogen and oxygen atoms in total. The normalized spacial score (nSPS) is 16.4. The lowest BCUT2D eigenvalue weighted by Crippen LogP contribution is -2.40. The van der Waals surface area contributed by atoms with E-state index in [-0.39, 0.29) is 11.5 Å². The van der Waals surface area contributed by atoms with E-state index < -0.39 is 17.9 Å². The van der Waals surface area contributed by atoms with E-state index in [1.54, 1.807) is 18.2 Å². The molecule has 0 bridgehead atoms. The zero-order chi connectivity index (χ0) is 20.8. The summed E-state index contributed by atoms with van der Waals surface area (Å²) in [5, 5.41) is 11.2. The summed E-state index contributed by atoms with van der Waals surface area (Å²) in [7, 11) is 0. The van der Waals surface area contributed by atoms with E-state index in [1.807, 2.05) is 24.3 Å². The molecule has 1 fully saturated rings. The number of aromatic nitrogens is 2. The summed E-state index contributed by atoms with van der Waals surface area (Å²) in [4.78, 5) is 34.1. The number of halogens is 1. The van der Waals surface area contributed by atoms with Crippen molar-refractivity contribution in [3.8, 4) is 11.3 Å². The third-order valence-corrected chi connectivity index (χ3v) is 5.63. The maximum atomic E-state index is 13.5. The Morgan fingerprint density at radius 1 is 1.10 bits per heavy atom. The maximum Gasteiger partial charge on any atom is 0.326 e. The number of nitrogens with one attached hydrogen (secondary N) is 1. The largest absolute Gasteiger partial charge is 0.480 e. The van der Waals surface area contributed by atoms with Gasteiger partial charge in [-0.2, -0.15) is 0 Å². The number of nitrogens with zero attached hydrogens (tertiary/aromatic N) is 2. The van der Waals surface area contributed by atoms with Crippen LogP contribution in [0.25, 0.3) is 33.1 Å². The lowest BCUT2D eigenvalue weighted by atomic mass is 10.1. The predicted octanol–water partition coefficient (Wildman–Crippen LogP) is 4.21. The van der Waals surface area contributed by atoms with Crippen LogP contribution in [0.2, 0.25) is 0 Å². The van der Waals surface area contributed by atoms with Gasteiger partial charge in [0.1, 0.15) is 17.6 Å². The fourth-order valence-corrected chi connectivity index (χ4v) is 4.19. The number of amides is 1. The van der Waals surface area contributed by atoms with Crippen LogP contribution in [-0.2, 0) is 4.79 Å². The molecular weight excluding hydrogens is 385 g/mol. The van der Waals surface area contributed by atoms with Crippen molar-refractivity contribution in [2.24, 2.45) is 0 Å². The van der Waals surface area contributed by atoms with Crippen molar-refractivity contribution < 1.29 is 19.1 Å². The van der Waals surface area contributed by atoms with E-state index in [2.05, 4.69) is 9.97 Å². The minimum Gasteiger partial charge on any atom is -0.480 e. The van der Waals surface area contributed by atoms with Crippen LogP contribution in [-0.4, -0.2) is 44.4 Å². The van der Waals surface area contributed by atoms with Gasteiger partial charge in [0.15, 0.2) is 0 Å². The lowest BCUT2D eigenvalue weighted by Gasteiger charge is -2.21. The summed E-state index contributed by atoms with van der Waals surface area (Å²) in [5.74, 6) is -1.77. The molecule has 4 aromatic rings. The minimum atomic E-state index is -1.01. The SMILES string of the molecule is O=C(O)C1CCCN1C(=O)c1cc2c([nH]c3ccccc32)c(-c2ccc(F)cc2)n1. The van der Waals surface area contributed by atoms with Crippen LogP contribution in [0.4, 0.5) is 4.39 Å². The highest BCUT2D eigenvalue weighted by Gasteiger charge is 2.35. The first kappa shape index (κ1) is 18.3. The molecule has 1 atom stereocenters. The van der Waals surface area contributed by atoms with Gasteiger partial charge in [0, 0.05) is 28.4 Å². The Hall–Kier alpha value is -3.74. The molecule has 2 N–H and O–H groups in total. The molecule has 3 heterocycles. The second kappa shape index (κ2) is 6.95. The van der Waals surface area contributed by atoms with Crippen LogP contribution in [0.5, 0.6) is 0 Å². The second-order valence-corrected chi connectivity index (χ2v) is 7.45. The molecule has 1 aliphatic rings. The van der Waals surface area contributed by atoms with E-state index in [0.29, 0.717) is 30.6 Å². The average Bonchev–Trinajstić information content (AvgIpc) is 3.38. The van der Waals surface area contributed by atoms with Gasteiger partial charge in [-0.05, 0) is 49.2 Å². The summed E-state index contributed by atoms with van der Waals surface area (Å²) in [6.07, 6.45) is 1.07. The number of pyridine rings is 1. The van der Waals surface area contributed by atoms with Gasteiger partial charge in [-0.1, -0.05) is 18.2 Å². The number of fused-ring (bicyclic) bond motifs is 3. The Balaban J connectivity index is 1.73. The number of hydrogen-bond donors (Lipinski definition) is 2. The molecule has 1 saturated heterocycles. The molecule has 150 valence electrons. The highest BCUT2D eigenvalue weighted by molar-refractivity contribution is 6.13. The molecule has 0 radical (unpaired) electrons. The molecule has 1 amide bonds. The van der Waals surface area contributed by atoms with Crippen molar-refractivity contribution >= 4 is 33.7 Å². The minimum absolute atomic E-state index is 0.180. The summed E-state index contributed by atoms with van der Waals surface area (Å²) in [6.45, 7) is 0.384. The van der Waals surface area contributed by atoms with Crippen molar-refractivity contribution in [3.63, 3.8) is 0 Å². The molecule has 0 aliphatic carbocycles. The lowest BCUT2D eigenvalue weighted by molar-refractivity contribution is -0.141. The van der Waals surface area contributed by atoms with Gasteiger partial charge in [0.05, 0.1) is 11.2 Å². The molecule has 2 aromatic heterocycles. The Kier molecular flexibility index (Phi) is 4.24. The molecular formula is C23H18FN3O3. The van der Waals surface area contributed by atoms with Crippen LogP contribution in [0.15, 0.2) is 54.6 Å². The van der Waals surface area contributed by atoms with E-state index in [1.165, 1.54) is 17.0 Å². The summed E-state index contributed by atoms with van der Waals surface area (Å²) in [5.41, 5.74) is 3.01. The number of H-pyrrole nitrogens is 1. The Morgan fingerprint density at radius 3 is 2.63 bits per heavy atom. The number of carbonyl (C=O) groups is 2. The number of likely N-dealkylation sites (tertiary alicyclic amines) is 1. The summed E-state index contributed by atoms with van der Waals surface area (Å²) >= 11 is 0. The van der Waals surface area contributed by atoms with Gasteiger partial charge in [0.25, 0.3) is 5.91 Å². The fraction of sp³-hybridized carbons (Fsp3) is 0.174. The number of rotatable bonds is 3. The van der Waals surface area contributed by atoms with Gasteiger partial charge in [-0.25, -0.2) is 14.2 Å². The van der Waals surface area contributed by atoms with E-state index in [9.17, 15) is 19.1 Å². The van der Waals surface area contributed by atoms with Crippen molar-refractivity contribution in [1.29, 1.82) is 0 Å². The number of carboxylic acids is 1.